The molecule has 0 atom stereocenters. The van der Waals surface area contributed by atoms with Gasteiger partial charge >= 0.3 is 0 Å². The maximum Gasteiger partial charge on any atom is 0.137 e. The zero-order valence-corrected chi connectivity index (χ0v) is 6.88. The van der Waals surface area contributed by atoms with Crippen molar-refractivity contribution in [3.63, 3.8) is 0 Å². The molecule has 0 radical (unpaired) electrons. The lowest BCUT2D eigenvalue weighted by Gasteiger charge is -1.93. The van der Waals surface area contributed by atoms with Crippen molar-refractivity contribution >= 4 is 11.7 Å². The van der Waals surface area contributed by atoms with Crippen LogP contribution in [0.1, 0.15) is 5.69 Å². The molecule has 2 heterocycles. The molecule has 0 aliphatic heterocycles. The van der Waals surface area contributed by atoms with E-state index in [2.05, 4.69) is 4.98 Å². The van der Waals surface area contributed by atoms with Gasteiger partial charge < -0.3 is 4.40 Å². The number of rotatable bonds is 1. The van der Waals surface area contributed by atoms with Crippen LogP contribution in [0.15, 0.2) is 36.7 Å². The fourth-order valence-electron chi connectivity index (χ4n) is 1.20. The van der Waals surface area contributed by atoms with Gasteiger partial charge in [0, 0.05) is 12.3 Å². The van der Waals surface area contributed by atoms with Gasteiger partial charge in [0.1, 0.15) is 5.65 Å². The van der Waals surface area contributed by atoms with E-state index in [4.69, 9.17) is 5.26 Å². The predicted octanol–water partition coefficient (Wildman–Crippen LogP) is 1.87. The van der Waals surface area contributed by atoms with Crippen LogP contribution in [-0.4, -0.2) is 9.38 Å². The summed E-state index contributed by atoms with van der Waals surface area (Å²) in [7, 11) is 0. The van der Waals surface area contributed by atoms with Crippen molar-refractivity contribution in [3.05, 3.63) is 42.4 Å². The summed E-state index contributed by atoms with van der Waals surface area (Å²) in [5.74, 6) is 0. The summed E-state index contributed by atoms with van der Waals surface area (Å²) < 4.78 is 1.92. The molecule has 0 aromatic carbocycles. The SMILES string of the molecule is N#CC=Cc1cnc2ccccn12. The standard InChI is InChI=1S/C10H7N3/c11-6-3-4-9-8-12-10-5-1-2-7-13(9)10/h1-5,7-8H. The number of fused-ring (bicyclic) bond motifs is 1. The largest absolute Gasteiger partial charge is 0.300 e. The first-order valence-electron chi connectivity index (χ1n) is 3.90. The molecule has 3 nitrogen and oxygen atoms in total. The van der Waals surface area contributed by atoms with Crippen LogP contribution in [0.2, 0.25) is 0 Å². The third-order valence-corrected chi connectivity index (χ3v) is 1.77. The van der Waals surface area contributed by atoms with E-state index >= 15 is 0 Å². The Hall–Kier alpha value is -2.08. The first kappa shape index (κ1) is 7.56. The van der Waals surface area contributed by atoms with E-state index in [1.807, 2.05) is 34.9 Å². The molecule has 2 rings (SSSR count). The average Bonchev–Trinajstić information content (AvgIpc) is 2.58. The van der Waals surface area contributed by atoms with E-state index in [9.17, 15) is 0 Å². The zero-order chi connectivity index (χ0) is 9.10. The topological polar surface area (TPSA) is 41.1 Å². The number of hydrogen-bond acceptors (Lipinski definition) is 2. The number of aromatic nitrogens is 2. The Bertz CT molecular complexity index is 488. The van der Waals surface area contributed by atoms with Crippen LogP contribution in [0, 0.1) is 11.3 Å². The van der Waals surface area contributed by atoms with Gasteiger partial charge in [0.25, 0.3) is 0 Å². The molecular weight excluding hydrogens is 162 g/mol. The molecule has 0 aliphatic rings. The van der Waals surface area contributed by atoms with Gasteiger partial charge in [0.15, 0.2) is 0 Å². The van der Waals surface area contributed by atoms with Crippen molar-refractivity contribution in [1.82, 2.24) is 9.38 Å². The predicted molar refractivity (Wildman–Crippen MR) is 49.8 cm³/mol. The first-order chi connectivity index (χ1) is 6.42. The fraction of sp³-hybridized carbons (Fsp3) is 0. The van der Waals surface area contributed by atoms with Gasteiger partial charge in [-0.05, 0) is 18.2 Å². The van der Waals surface area contributed by atoms with Crippen molar-refractivity contribution in [2.24, 2.45) is 0 Å². The molecule has 0 unspecified atom stereocenters. The maximum atomic E-state index is 8.37. The van der Waals surface area contributed by atoms with E-state index in [-0.39, 0.29) is 0 Å². The Morgan fingerprint density at radius 1 is 1.46 bits per heavy atom. The Balaban J connectivity index is 2.59. The van der Waals surface area contributed by atoms with Gasteiger partial charge in [-0.1, -0.05) is 6.07 Å². The quantitative estimate of drug-likeness (QED) is 0.611. The summed E-state index contributed by atoms with van der Waals surface area (Å²) in [4.78, 5) is 4.17. The van der Waals surface area contributed by atoms with Crippen molar-refractivity contribution in [3.8, 4) is 6.07 Å². The second kappa shape index (κ2) is 3.11. The molecule has 0 fully saturated rings. The minimum Gasteiger partial charge on any atom is -0.300 e. The number of nitrogens with zero attached hydrogens (tertiary/aromatic N) is 3. The molecule has 0 spiro atoms. The smallest absolute Gasteiger partial charge is 0.137 e. The van der Waals surface area contributed by atoms with Gasteiger partial charge in [0.2, 0.25) is 0 Å². The molecule has 0 amide bonds. The molecule has 13 heavy (non-hydrogen) atoms. The van der Waals surface area contributed by atoms with E-state index in [1.165, 1.54) is 6.08 Å². The summed E-state index contributed by atoms with van der Waals surface area (Å²) in [5.41, 5.74) is 1.80. The minimum atomic E-state index is 0.889. The lowest BCUT2D eigenvalue weighted by atomic mass is 10.4. The van der Waals surface area contributed by atoms with Crippen LogP contribution < -0.4 is 0 Å². The number of imidazole rings is 1. The second-order valence-corrected chi connectivity index (χ2v) is 2.57. The van der Waals surface area contributed by atoms with Gasteiger partial charge in [-0.3, -0.25) is 0 Å². The van der Waals surface area contributed by atoms with Gasteiger partial charge in [0.05, 0.1) is 18.0 Å². The summed E-state index contributed by atoms with van der Waals surface area (Å²) in [6, 6.07) is 7.73. The lowest BCUT2D eigenvalue weighted by Crippen LogP contribution is -1.84. The van der Waals surface area contributed by atoms with Crippen molar-refractivity contribution in [1.29, 1.82) is 5.26 Å². The molecule has 3 heteroatoms. The van der Waals surface area contributed by atoms with Crippen molar-refractivity contribution < 1.29 is 0 Å². The van der Waals surface area contributed by atoms with Crippen LogP contribution >= 0.6 is 0 Å². The normalized spacial score (nSPS) is 10.7. The monoisotopic (exact) mass is 169 g/mol. The van der Waals surface area contributed by atoms with Gasteiger partial charge in [-0.15, -0.1) is 0 Å². The van der Waals surface area contributed by atoms with Crippen molar-refractivity contribution in [2.75, 3.05) is 0 Å². The van der Waals surface area contributed by atoms with Crippen LogP contribution in [0.5, 0.6) is 0 Å². The highest BCUT2D eigenvalue weighted by atomic mass is 15.0. The Morgan fingerprint density at radius 3 is 3.23 bits per heavy atom. The maximum absolute atomic E-state index is 8.37. The highest BCUT2D eigenvalue weighted by Gasteiger charge is 1.96. The van der Waals surface area contributed by atoms with E-state index in [0.717, 1.165) is 11.3 Å². The molecular formula is C10H7N3. The van der Waals surface area contributed by atoms with Gasteiger partial charge in [-0.2, -0.15) is 5.26 Å². The van der Waals surface area contributed by atoms with E-state index < -0.39 is 0 Å². The van der Waals surface area contributed by atoms with E-state index in [1.54, 1.807) is 12.3 Å². The number of allylic oxidation sites excluding steroid dienone is 1. The molecule has 0 saturated heterocycles. The summed E-state index contributed by atoms with van der Waals surface area (Å²) in [5, 5.41) is 8.37. The Kier molecular flexibility index (Phi) is 1.81. The minimum absolute atomic E-state index is 0.889. The first-order valence-corrected chi connectivity index (χ1v) is 3.90. The van der Waals surface area contributed by atoms with Gasteiger partial charge in [-0.25, -0.2) is 4.98 Å². The number of pyridine rings is 1. The van der Waals surface area contributed by atoms with Crippen molar-refractivity contribution in [2.45, 2.75) is 0 Å². The highest BCUT2D eigenvalue weighted by Crippen LogP contribution is 2.06. The fourth-order valence-corrected chi connectivity index (χ4v) is 1.20. The Morgan fingerprint density at radius 2 is 2.38 bits per heavy atom. The third kappa shape index (κ3) is 1.30. The van der Waals surface area contributed by atoms with Crippen LogP contribution in [-0.2, 0) is 0 Å². The highest BCUT2D eigenvalue weighted by molar-refractivity contribution is 5.53. The Labute approximate surface area is 75.6 Å². The molecule has 0 N–H and O–H groups in total. The summed E-state index contributed by atoms with van der Waals surface area (Å²) in [6.45, 7) is 0. The second-order valence-electron chi connectivity index (χ2n) is 2.57. The van der Waals surface area contributed by atoms with Crippen LogP contribution in [0.4, 0.5) is 0 Å². The molecule has 0 saturated carbocycles. The molecule has 0 aliphatic carbocycles. The molecule has 2 aromatic heterocycles. The third-order valence-electron chi connectivity index (χ3n) is 1.77. The molecule has 62 valence electrons. The number of hydrogen-bond donors (Lipinski definition) is 0. The van der Waals surface area contributed by atoms with Crippen LogP contribution in [0.25, 0.3) is 11.7 Å². The molecule has 2 aromatic rings. The summed E-state index contributed by atoms with van der Waals surface area (Å²) in [6.07, 6.45) is 6.83. The molecule has 0 bridgehead atoms. The van der Waals surface area contributed by atoms with E-state index in [0.29, 0.717) is 0 Å². The lowest BCUT2D eigenvalue weighted by molar-refractivity contribution is 1.17. The zero-order valence-electron chi connectivity index (χ0n) is 6.88. The average molecular weight is 169 g/mol. The van der Waals surface area contributed by atoms with Crippen LogP contribution in [0.3, 0.4) is 0 Å². The summed E-state index contributed by atoms with van der Waals surface area (Å²) >= 11 is 0. The number of nitriles is 1.